The Balaban J connectivity index is 2.02. The van der Waals surface area contributed by atoms with Crippen molar-refractivity contribution in [2.75, 3.05) is 0 Å². The van der Waals surface area contributed by atoms with Crippen LogP contribution in [0.25, 0.3) is 21.8 Å². The first-order valence-corrected chi connectivity index (χ1v) is 9.27. The van der Waals surface area contributed by atoms with Crippen LogP contribution in [0.15, 0.2) is 54.6 Å². The molecule has 1 aromatic heterocycles. The molecule has 1 heterocycles. The van der Waals surface area contributed by atoms with Crippen LogP contribution in [-0.2, 0) is 13.0 Å². The van der Waals surface area contributed by atoms with E-state index in [4.69, 9.17) is 5.73 Å². The number of aromatic nitrogens is 1. The molecule has 4 aromatic rings. The molecule has 3 nitrogen and oxygen atoms in total. The lowest BCUT2D eigenvalue weighted by molar-refractivity contribution is 0.100. The molecule has 0 radical (unpaired) electrons. The summed E-state index contributed by atoms with van der Waals surface area (Å²) in [5.41, 5.74) is 9.28. The maximum absolute atomic E-state index is 14.3. The van der Waals surface area contributed by atoms with Crippen LogP contribution < -0.4 is 5.73 Å². The molecule has 0 saturated heterocycles. The molecular formula is C23H20F2N2O. The highest BCUT2D eigenvalue weighted by Crippen LogP contribution is 2.33. The molecule has 0 aliphatic heterocycles. The fourth-order valence-electron chi connectivity index (χ4n) is 3.83. The number of halogens is 2. The fraction of sp³-hybridized carbons (Fsp3) is 0.174. The molecule has 0 unspecified atom stereocenters. The zero-order chi connectivity index (χ0) is 19.8. The largest absolute Gasteiger partial charge is 0.366 e. The number of aryl methyl sites for hydroxylation is 1. The summed E-state index contributed by atoms with van der Waals surface area (Å²) in [4.78, 5) is 12.0. The number of benzene rings is 3. The first-order chi connectivity index (χ1) is 13.5. The van der Waals surface area contributed by atoms with E-state index in [1.807, 2.05) is 22.8 Å². The number of carbonyl (C=O) groups is 1. The van der Waals surface area contributed by atoms with Gasteiger partial charge in [0.1, 0.15) is 11.6 Å². The molecule has 0 aliphatic rings. The predicted molar refractivity (Wildman–Crippen MR) is 107 cm³/mol. The summed E-state index contributed by atoms with van der Waals surface area (Å²) in [6.07, 6.45) is 1.93. The lowest BCUT2D eigenvalue weighted by Crippen LogP contribution is -2.11. The third kappa shape index (κ3) is 3.03. The number of fused-ring (bicyclic) bond motifs is 3. The number of rotatable bonds is 5. The highest BCUT2D eigenvalue weighted by Gasteiger charge is 2.17. The monoisotopic (exact) mass is 378 g/mol. The third-order valence-corrected chi connectivity index (χ3v) is 5.10. The van der Waals surface area contributed by atoms with Gasteiger partial charge in [-0.15, -0.1) is 0 Å². The Morgan fingerprint density at radius 2 is 1.86 bits per heavy atom. The van der Waals surface area contributed by atoms with E-state index in [2.05, 4.69) is 13.0 Å². The van der Waals surface area contributed by atoms with Crippen molar-refractivity contribution in [1.29, 1.82) is 0 Å². The van der Waals surface area contributed by atoms with Gasteiger partial charge in [0.15, 0.2) is 0 Å². The summed E-state index contributed by atoms with van der Waals surface area (Å²) >= 11 is 0. The second-order valence-corrected chi connectivity index (χ2v) is 6.99. The minimum Gasteiger partial charge on any atom is -0.366 e. The van der Waals surface area contributed by atoms with E-state index in [0.29, 0.717) is 11.1 Å². The van der Waals surface area contributed by atoms with Gasteiger partial charge in [-0.1, -0.05) is 37.6 Å². The van der Waals surface area contributed by atoms with Crippen molar-refractivity contribution in [1.82, 2.24) is 4.57 Å². The van der Waals surface area contributed by atoms with Gasteiger partial charge < -0.3 is 10.3 Å². The minimum absolute atomic E-state index is 0.226. The lowest BCUT2D eigenvalue weighted by Gasteiger charge is -2.10. The summed E-state index contributed by atoms with van der Waals surface area (Å²) in [6, 6.07) is 15.1. The smallest absolute Gasteiger partial charge is 0.249 e. The first kappa shape index (κ1) is 18.2. The van der Waals surface area contributed by atoms with Crippen LogP contribution in [0, 0.1) is 11.6 Å². The van der Waals surface area contributed by atoms with Crippen LogP contribution in [-0.4, -0.2) is 10.5 Å². The van der Waals surface area contributed by atoms with Crippen molar-refractivity contribution in [2.24, 2.45) is 5.73 Å². The van der Waals surface area contributed by atoms with Gasteiger partial charge in [0.25, 0.3) is 0 Å². The standard InChI is InChI=1S/C23H20F2N2O/c1-2-4-14-7-10-17-21(11-14)27(13-15-8-9-16(24)12-19(15)25)20-6-3-5-18(22(17)20)23(26)28/h3,5-12H,2,4,13H2,1H3,(H2,26,28). The van der Waals surface area contributed by atoms with Crippen molar-refractivity contribution in [2.45, 2.75) is 26.3 Å². The van der Waals surface area contributed by atoms with E-state index in [0.717, 1.165) is 40.7 Å². The molecule has 2 N–H and O–H groups in total. The van der Waals surface area contributed by atoms with Gasteiger partial charge in [0.05, 0.1) is 12.1 Å². The Bertz CT molecular complexity index is 1210. The molecule has 0 saturated carbocycles. The van der Waals surface area contributed by atoms with Gasteiger partial charge in [-0.25, -0.2) is 8.78 Å². The van der Waals surface area contributed by atoms with Gasteiger partial charge in [-0.05, 0) is 36.2 Å². The summed E-state index contributed by atoms with van der Waals surface area (Å²) in [5.74, 6) is -1.70. The number of hydrogen-bond donors (Lipinski definition) is 1. The summed E-state index contributed by atoms with van der Waals surface area (Å²) < 4.78 is 29.6. The van der Waals surface area contributed by atoms with Crippen molar-refractivity contribution < 1.29 is 13.6 Å². The number of primary amides is 1. The molecule has 0 atom stereocenters. The Morgan fingerprint density at radius 1 is 1.04 bits per heavy atom. The normalized spacial score (nSPS) is 11.4. The van der Waals surface area contributed by atoms with E-state index >= 15 is 0 Å². The van der Waals surface area contributed by atoms with E-state index < -0.39 is 17.5 Å². The van der Waals surface area contributed by atoms with Crippen LogP contribution in [0.1, 0.15) is 34.8 Å². The van der Waals surface area contributed by atoms with E-state index in [-0.39, 0.29) is 6.54 Å². The number of nitrogens with two attached hydrogens (primary N) is 1. The molecule has 0 bridgehead atoms. The Hall–Kier alpha value is -3.21. The van der Waals surface area contributed by atoms with E-state index in [1.54, 1.807) is 12.1 Å². The van der Waals surface area contributed by atoms with Gasteiger partial charge in [-0.3, -0.25) is 4.79 Å². The summed E-state index contributed by atoms with van der Waals surface area (Å²) in [6.45, 7) is 2.34. The highest BCUT2D eigenvalue weighted by atomic mass is 19.1. The van der Waals surface area contributed by atoms with Gasteiger partial charge in [-0.2, -0.15) is 0 Å². The molecule has 0 fully saturated rings. The van der Waals surface area contributed by atoms with Crippen molar-refractivity contribution in [3.63, 3.8) is 0 Å². The molecule has 1 amide bonds. The van der Waals surface area contributed by atoms with Crippen LogP contribution in [0.4, 0.5) is 8.78 Å². The van der Waals surface area contributed by atoms with Gasteiger partial charge in [0, 0.05) is 33.5 Å². The van der Waals surface area contributed by atoms with E-state index in [9.17, 15) is 13.6 Å². The topological polar surface area (TPSA) is 48.0 Å². The fourth-order valence-corrected chi connectivity index (χ4v) is 3.83. The quantitative estimate of drug-likeness (QED) is 0.512. The average Bonchev–Trinajstić information content (AvgIpc) is 2.97. The summed E-state index contributed by atoms with van der Waals surface area (Å²) in [7, 11) is 0. The van der Waals surface area contributed by atoms with Crippen LogP contribution in [0.2, 0.25) is 0 Å². The van der Waals surface area contributed by atoms with Crippen LogP contribution >= 0.6 is 0 Å². The Labute approximate surface area is 161 Å². The molecule has 28 heavy (non-hydrogen) atoms. The van der Waals surface area contributed by atoms with E-state index in [1.165, 1.54) is 17.7 Å². The van der Waals surface area contributed by atoms with Gasteiger partial charge in [0.2, 0.25) is 5.91 Å². The number of amides is 1. The van der Waals surface area contributed by atoms with Crippen LogP contribution in [0.5, 0.6) is 0 Å². The number of nitrogens with zero attached hydrogens (tertiary/aromatic N) is 1. The maximum Gasteiger partial charge on any atom is 0.249 e. The molecule has 4 rings (SSSR count). The van der Waals surface area contributed by atoms with Crippen molar-refractivity contribution in [3.05, 3.63) is 82.9 Å². The minimum atomic E-state index is -0.607. The zero-order valence-corrected chi connectivity index (χ0v) is 15.5. The molecule has 0 spiro atoms. The average molecular weight is 378 g/mol. The van der Waals surface area contributed by atoms with Crippen LogP contribution in [0.3, 0.4) is 0 Å². The molecular weight excluding hydrogens is 358 g/mol. The van der Waals surface area contributed by atoms with Crippen molar-refractivity contribution >= 4 is 27.7 Å². The second kappa shape index (κ2) is 7.08. The lowest BCUT2D eigenvalue weighted by atomic mass is 10.0. The molecule has 3 aromatic carbocycles. The molecule has 5 heteroatoms. The molecule has 142 valence electrons. The van der Waals surface area contributed by atoms with Crippen molar-refractivity contribution in [3.8, 4) is 0 Å². The third-order valence-electron chi connectivity index (χ3n) is 5.10. The Morgan fingerprint density at radius 3 is 2.57 bits per heavy atom. The first-order valence-electron chi connectivity index (χ1n) is 9.27. The second-order valence-electron chi connectivity index (χ2n) is 6.99. The SMILES string of the molecule is CCCc1ccc2c3c(C(N)=O)cccc3n(Cc3ccc(F)cc3F)c2c1. The molecule has 0 aliphatic carbocycles. The predicted octanol–water partition coefficient (Wildman–Crippen LogP) is 5.17. The van der Waals surface area contributed by atoms with Gasteiger partial charge >= 0.3 is 0 Å². The zero-order valence-electron chi connectivity index (χ0n) is 15.5. The number of carbonyl (C=O) groups excluding carboxylic acids is 1. The highest BCUT2D eigenvalue weighted by molar-refractivity contribution is 6.17. The maximum atomic E-state index is 14.3. The Kier molecular flexibility index (Phi) is 4.59. The number of hydrogen-bond acceptors (Lipinski definition) is 1. The summed E-state index contributed by atoms with van der Waals surface area (Å²) in [5, 5.41) is 1.65.